The number of rotatable bonds is 5. The van der Waals surface area contributed by atoms with Gasteiger partial charge < -0.3 is 9.73 Å². The van der Waals surface area contributed by atoms with E-state index in [0.29, 0.717) is 10.2 Å². The van der Waals surface area contributed by atoms with Gasteiger partial charge in [-0.25, -0.2) is 0 Å². The first-order valence-corrected chi connectivity index (χ1v) is 7.09. The number of furan rings is 1. The fraction of sp³-hybridized carbons (Fsp3) is 0.286. The summed E-state index contributed by atoms with van der Waals surface area (Å²) in [4.78, 5) is 10.4. The Labute approximate surface area is 125 Å². The highest BCUT2D eigenvalue weighted by atomic mass is 79.9. The highest BCUT2D eigenvalue weighted by molar-refractivity contribution is 9.10. The summed E-state index contributed by atoms with van der Waals surface area (Å²) < 4.78 is 6.23. The van der Waals surface area contributed by atoms with Crippen molar-refractivity contribution in [1.82, 2.24) is 5.32 Å². The van der Waals surface area contributed by atoms with Crippen LogP contribution >= 0.6 is 15.9 Å². The lowest BCUT2D eigenvalue weighted by Gasteiger charge is -2.08. The van der Waals surface area contributed by atoms with Gasteiger partial charge in [-0.05, 0) is 53.7 Å². The SMILES string of the molecule is CCNC(C)c1ccc(-c2ccc([N+](=O)[O-])c(Br)c2)o1. The van der Waals surface area contributed by atoms with Gasteiger partial charge in [-0.15, -0.1) is 0 Å². The molecule has 1 heterocycles. The third-order valence-electron chi connectivity index (χ3n) is 2.99. The van der Waals surface area contributed by atoms with Crippen molar-refractivity contribution in [2.45, 2.75) is 19.9 Å². The number of halogens is 1. The fourth-order valence-corrected chi connectivity index (χ4v) is 2.48. The van der Waals surface area contributed by atoms with Crippen molar-refractivity contribution in [1.29, 1.82) is 0 Å². The Hall–Kier alpha value is -1.66. The lowest BCUT2D eigenvalue weighted by Crippen LogP contribution is -2.16. The molecule has 1 unspecified atom stereocenters. The zero-order chi connectivity index (χ0) is 14.7. The van der Waals surface area contributed by atoms with Crippen LogP contribution in [-0.4, -0.2) is 11.5 Å². The summed E-state index contributed by atoms with van der Waals surface area (Å²) in [5, 5.41) is 14.0. The molecule has 0 saturated carbocycles. The molecule has 5 nitrogen and oxygen atoms in total. The van der Waals surface area contributed by atoms with Gasteiger partial charge in [0.2, 0.25) is 0 Å². The van der Waals surface area contributed by atoms with Crippen LogP contribution in [0, 0.1) is 10.1 Å². The minimum Gasteiger partial charge on any atom is -0.459 e. The van der Waals surface area contributed by atoms with Crippen LogP contribution in [0.2, 0.25) is 0 Å². The summed E-state index contributed by atoms with van der Waals surface area (Å²) in [7, 11) is 0. The van der Waals surface area contributed by atoms with E-state index in [9.17, 15) is 10.1 Å². The molecule has 0 fully saturated rings. The average molecular weight is 339 g/mol. The van der Waals surface area contributed by atoms with Gasteiger partial charge in [0.1, 0.15) is 11.5 Å². The molecule has 106 valence electrons. The molecule has 0 radical (unpaired) electrons. The molecule has 1 N–H and O–H groups in total. The van der Waals surface area contributed by atoms with E-state index >= 15 is 0 Å². The van der Waals surface area contributed by atoms with Gasteiger partial charge in [0.15, 0.2) is 0 Å². The molecule has 20 heavy (non-hydrogen) atoms. The summed E-state index contributed by atoms with van der Waals surface area (Å²) in [5.74, 6) is 1.54. The standard InChI is InChI=1S/C14H15BrN2O3/c1-3-16-9(2)13-6-7-14(20-13)10-4-5-12(17(18)19)11(15)8-10/h4-9,16H,3H2,1-2H3. The molecule has 0 bridgehead atoms. The van der Waals surface area contributed by atoms with E-state index in [2.05, 4.69) is 21.2 Å². The molecule has 6 heteroatoms. The van der Waals surface area contributed by atoms with Crippen LogP contribution < -0.4 is 5.32 Å². The molecule has 2 rings (SSSR count). The maximum absolute atomic E-state index is 10.8. The Morgan fingerprint density at radius 3 is 2.75 bits per heavy atom. The Morgan fingerprint density at radius 2 is 2.15 bits per heavy atom. The first-order chi connectivity index (χ1) is 9.52. The highest BCUT2D eigenvalue weighted by Crippen LogP contribution is 2.32. The third-order valence-corrected chi connectivity index (χ3v) is 3.63. The number of nitrogens with zero attached hydrogens (tertiary/aromatic N) is 1. The van der Waals surface area contributed by atoms with Crippen LogP contribution in [0.1, 0.15) is 25.6 Å². The second-order valence-electron chi connectivity index (χ2n) is 4.40. The Balaban J connectivity index is 2.28. The highest BCUT2D eigenvalue weighted by Gasteiger charge is 2.15. The predicted octanol–water partition coefficient (Wildman–Crippen LogP) is 4.29. The monoisotopic (exact) mass is 338 g/mol. The number of benzene rings is 1. The average Bonchev–Trinajstić information content (AvgIpc) is 2.88. The van der Waals surface area contributed by atoms with Crippen molar-refractivity contribution >= 4 is 21.6 Å². The molecule has 0 spiro atoms. The minimum absolute atomic E-state index is 0.0431. The molecular formula is C14H15BrN2O3. The summed E-state index contributed by atoms with van der Waals surface area (Å²) in [6.07, 6.45) is 0. The molecule has 0 aliphatic rings. The molecule has 0 aliphatic carbocycles. The van der Waals surface area contributed by atoms with Gasteiger partial charge in [-0.1, -0.05) is 6.92 Å². The molecule has 0 amide bonds. The van der Waals surface area contributed by atoms with Crippen molar-refractivity contribution in [3.05, 3.63) is 50.7 Å². The third kappa shape index (κ3) is 3.08. The van der Waals surface area contributed by atoms with Gasteiger partial charge in [-0.2, -0.15) is 0 Å². The van der Waals surface area contributed by atoms with Crippen LogP contribution in [0.15, 0.2) is 39.2 Å². The van der Waals surface area contributed by atoms with E-state index in [1.165, 1.54) is 6.07 Å². The fourth-order valence-electron chi connectivity index (χ4n) is 1.96. The summed E-state index contributed by atoms with van der Waals surface area (Å²) in [6.45, 7) is 4.92. The number of hydrogen-bond acceptors (Lipinski definition) is 4. The van der Waals surface area contributed by atoms with Crippen LogP contribution in [-0.2, 0) is 0 Å². The second-order valence-corrected chi connectivity index (χ2v) is 5.26. The smallest absolute Gasteiger partial charge is 0.283 e. The van der Waals surface area contributed by atoms with E-state index in [4.69, 9.17) is 4.42 Å². The summed E-state index contributed by atoms with van der Waals surface area (Å²) >= 11 is 3.21. The second kappa shape index (κ2) is 6.19. The van der Waals surface area contributed by atoms with E-state index in [1.54, 1.807) is 12.1 Å². The van der Waals surface area contributed by atoms with Gasteiger partial charge in [-0.3, -0.25) is 10.1 Å². The Kier molecular flexibility index (Phi) is 4.57. The maximum Gasteiger partial charge on any atom is 0.283 e. The molecule has 0 saturated heterocycles. The van der Waals surface area contributed by atoms with Crippen LogP contribution in [0.5, 0.6) is 0 Å². The Morgan fingerprint density at radius 1 is 1.40 bits per heavy atom. The number of hydrogen-bond donors (Lipinski definition) is 1. The zero-order valence-electron chi connectivity index (χ0n) is 11.2. The lowest BCUT2D eigenvalue weighted by atomic mass is 10.1. The zero-order valence-corrected chi connectivity index (χ0v) is 12.8. The summed E-state index contributed by atoms with van der Waals surface area (Å²) in [5.41, 5.74) is 0.846. The lowest BCUT2D eigenvalue weighted by molar-refractivity contribution is -0.385. The largest absolute Gasteiger partial charge is 0.459 e. The van der Waals surface area contributed by atoms with Crippen molar-refractivity contribution in [2.75, 3.05) is 6.54 Å². The number of nitro groups is 1. The van der Waals surface area contributed by atoms with Crippen molar-refractivity contribution in [2.24, 2.45) is 0 Å². The van der Waals surface area contributed by atoms with E-state index in [-0.39, 0.29) is 11.7 Å². The van der Waals surface area contributed by atoms with E-state index in [0.717, 1.165) is 17.9 Å². The van der Waals surface area contributed by atoms with E-state index in [1.807, 2.05) is 26.0 Å². The molecule has 2 aromatic rings. The molecule has 1 atom stereocenters. The first kappa shape index (κ1) is 14.7. The number of nitrogens with one attached hydrogen (secondary N) is 1. The normalized spacial score (nSPS) is 12.3. The first-order valence-electron chi connectivity index (χ1n) is 6.30. The summed E-state index contributed by atoms with van der Waals surface area (Å²) in [6, 6.07) is 8.77. The van der Waals surface area contributed by atoms with E-state index < -0.39 is 4.92 Å². The van der Waals surface area contributed by atoms with Gasteiger partial charge in [0, 0.05) is 11.6 Å². The van der Waals surface area contributed by atoms with Gasteiger partial charge in [0.05, 0.1) is 15.4 Å². The molecule has 0 aliphatic heterocycles. The quantitative estimate of drug-likeness (QED) is 0.652. The molecular weight excluding hydrogens is 324 g/mol. The Bertz CT molecular complexity index is 625. The topological polar surface area (TPSA) is 68.3 Å². The van der Waals surface area contributed by atoms with Gasteiger partial charge >= 0.3 is 0 Å². The molecule has 1 aromatic carbocycles. The van der Waals surface area contributed by atoms with Gasteiger partial charge in [0.25, 0.3) is 5.69 Å². The van der Waals surface area contributed by atoms with Crippen molar-refractivity contribution in [3.8, 4) is 11.3 Å². The van der Waals surface area contributed by atoms with Crippen molar-refractivity contribution in [3.63, 3.8) is 0 Å². The van der Waals surface area contributed by atoms with Crippen LogP contribution in [0.25, 0.3) is 11.3 Å². The number of nitro benzene ring substituents is 1. The predicted molar refractivity (Wildman–Crippen MR) is 80.6 cm³/mol. The minimum atomic E-state index is -0.422. The van der Waals surface area contributed by atoms with Crippen molar-refractivity contribution < 1.29 is 9.34 Å². The van der Waals surface area contributed by atoms with Crippen LogP contribution in [0.3, 0.4) is 0 Å². The van der Waals surface area contributed by atoms with Crippen LogP contribution in [0.4, 0.5) is 5.69 Å². The molecule has 1 aromatic heterocycles. The maximum atomic E-state index is 10.8.